The number of pyridine rings is 1. The molecule has 4 heterocycles. The molecule has 7 heteroatoms. The van der Waals surface area contributed by atoms with E-state index in [1.165, 1.54) is 25.1 Å². The van der Waals surface area contributed by atoms with Crippen molar-refractivity contribution < 1.29 is 19.4 Å². The van der Waals surface area contributed by atoms with Crippen molar-refractivity contribution in [2.75, 3.05) is 32.7 Å². The van der Waals surface area contributed by atoms with Crippen LogP contribution in [0.1, 0.15) is 42.6 Å². The van der Waals surface area contributed by atoms with Gasteiger partial charge in [0.15, 0.2) is 5.69 Å². The number of amides is 1. The van der Waals surface area contributed by atoms with Crippen LogP contribution in [-0.2, 0) is 9.53 Å². The van der Waals surface area contributed by atoms with Gasteiger partial charge in [-0.3, -0.25) is 14.5 Å². The van der Waals surface area contributed by atoms with E-state index in [1.54, 1.807) is 11.0 Å². The Kier molecular flexibility index (Phi) is 4.56. The molecule has 0 aromatic carbocycles. The largest absolute Gasteiger partial charge is 0.505 e. The van der Waals surface area contributed by atoms with Gasteiger partial charge in [0.25, 0.3) is 5.91 Å². The summed E-state index contributed by atoms with van der Waals surface area (Å²) in [6.45, 7) is 3.99. The van der Waals surface area contributed by atoms with E-state index >= 15 is 0 Å². The van der Waals surface area contributed by atoms with Crippen LogP contribution in [0.2, 0.25) is 0 Å². The van der Waals surface area contributed by atoms with Gasteiger partial charge in [0.2, 0.25) is 0 Å². The van der Waals surface area contributed by atoms with Crippen LogP contribution in [0.15, 0.2) is 18.3 Å². The van der Waals surface area contributed by atoms with Crippen LogP contribution in [0.25, 0.3) is 0 Å². The number of ether oxygens (including phenoxy) is 1. The van der Waals surface area contributed by atoms with Gasteiger partial charge in [0.05, 0.1) is 5.41 Å². The lowest BCUT2D eigenvalue weighted by atomic mass is 9.76. The smallest absolute Gasteiger partial charge is 0.312 e. The van der Waals surface area contributed by atoms with E-state index in [1.807, 2.05) is 0 Å². The van der Waals surface area contributed by atoms with Gasteiger partial charge < -0.3 is 14.7 Å². The van der Waals surface area contributed by atoms with E-state index in [9.17, 15) is 14.7 Å². The fourth-order valence-electron chi connectivity index (χ4n) is 4.45. The summed E-state index contributed by atoms with van der Waals surface area (Å²) in [5.74, 6) is -0.490. The Morgan fingerprint density at radius 3 is 2.69 bits per heavy atom. The molecular weight excluding hydrogens is 334 g/mol. The average molecular weight is 359 g/mol. The van der Waals surface area contributed by atoms with Gasteiger partial charge in [-0.05, 0) is 50.9 Å². The fourth-order valence-corrected chi connectivity index (χ4v) is 4.45. The zero-order valence-corrected chi connectivity index (χ0v) is 14.9. The van der Waals surface area contributed by atoms with Crippen LogP contribution in [0.5, 0.6) is 5.75 Å². The van der Waals surface area contributed by atoms with E-state index in [0.29, 0.717) is 25.9 Å². The predicted octanol–water partition coefficient (Wildman–Crippen LogP) is 1.42. The van der Waals surface area contributed by atoms with Crippen molar-refractivity contribution in [2.24, 2.45) is 5.41 Å². The molecule has 0 radical (unpaired) electrons. The molecule has 1 amide bonds. The molecule has 7 nitrogen and oxygen atoms in total. The first-order chi connectivity index (χ1) is 12.6. The number of hydrogen-bond acceptors (Lipinski definition) is 6. The van der Waals surface area contributed by atoms with E-state index in [4.69, 9.17) is 4.74 Å². The summed E-state index contributed by atoms with van der Waals surface area (Å²) < 4.78 is 5.68. The van der Waals surface area contributed by atoms with Crippen molar-refractivity contribution >= 4 is 11.9 Å². The molecule has 3 aliphatic rings. The van der Waals surface area contributed by atoms with Crippen molar-refractivity contribution in [1.29, 1.82) is 0 Å². The molecule has 140 valence electrons. The first kappa shape index (κ1) is 17.3. The monoisotopic (exact) mass is 359 g/mol. The molecule has 0 aliphatic carbocycles. The number of likely N-dealkylation sites (tertiary alicyclic amines) is 2. The number of cyclic esters (lactones) is 1. The van der Waals surface area contributed by atoms with Gasteiger partial charge in [-0.25, -0.2) is 4.98 Å². The summed E-state index contributed by atoms with van der Waals surface area (Å²) in [5.41, 5.74) is -0.378. The maximum Gasteiger partial charge on any atom is 0.312 e. The SMILES string of the molecule is O=C(c1ncccc1O)N1CCC2(CC1)CC(CN1CCCC1)OC2=O. The average Bonchev–Trinajstić information content (AvgIpc) is 3.24. The van der Waals surface area contributed by atoms with Gasteiger partial charge >= 0.3 is 5.97 Å². The molecule has 4 rings (SSSR count). The topological polar surface area (TPSA) is 83.0 Å². The van der Waals surface area contributed by atoms with Gasteiger partial charge in [0.1, 0.15) is 11.9 Å². The highest BCUT2D eigenvalue weighted by molar-refractivity contribution is 5.95. The molecule has 1 atom stereocenters. The number of esters is 1. The lowest BCUT2D eigenvalue weighted by molar-refractivity contribution is -0.151. The van der Waals surface area contributed by atoms with E-state index in [-0.39, 0.29) is 29.4 Å². The van der Waals surface area contributed by atoms with Gasteiger partial charge in [-0.15, -0.1) is 0 Å². The Hall–Kier alpha value is -2.15. The Morgan fingerprint density at radius 1 is 1.27 bits per heavy atom. The lowest BCUT2D eigenvalue weighted by Crippen LogP contribution is -2.45. The lowest BCUT2D eigenvalue weighted by Gasteiger charge is -2.36. The molecule has 1 unspecified atom stereocenters. The number of nitrogens with zero attached hydrogens (tertiary/aromatic N) is 3. The predicted molar refractivity (Wildman–Crippen MR) is 93.6 cm³/mol. The maximum absolute atomic E-state index is 12.6. The van der Waals surface area contributed by atoms with Crippen molar-refractivity contribution in [2.45, 2.75) is 38.2 Å². The quantitative estimate of drug-likeness (QED) is 0.822. The normalized spacial score (nSPS) is 25.6. The molecule has 1 aromatic rings. The second-order valence-electron chi connectivity index (χ2n) is 7.68. The number of carbonyl (C=O) groups is 2. The molecule has 1 N–H and O–H groups in total. The molecule has 1 spiro atoms. The van der Waals surface area contributed by atoms with Crippen LogP contribution in [0.3, 0.4) is 0 Å². The van der Waals surface area contributed by atoms with E-state index in [0.717, 1.165) is 26.1 Å². The zero-order valence-electron chi connectivity index (χ0n) is 14.9. The van der Waals surface area contributed by atoms with Crippen molar-refractivity contribution in [3.63, 3.8) is 0 Å². The van der Waals surface area contributed by atoms with E-state index < -0.39 is 5.41 Å². The van der Waals surface area contributed by atoms with Crippen molar-refractivity contribution in [1.82, 2.24) is 14.8 Å². The first-order valence-corrected chi connectivity index (χ1v) is 9.44. The number of aromatic nitrogens is 1. The number of rotatable bonds is 3. The minimum atomic E-state index is -0.451. The Morgan fingerprint density at radius 2 is 2.00 bits per heavy atom. The summed E-state index contributed by atoms with van der Waals surface area (Å²) >= 11 is 0. The number of carbonyl (C=O) groups excluding carboxylic acids is 2. The molecule has 0 saturated carbocycles. The van der Waals surface area contributed by atoms with Crippen LogP contribution in [0, 0.1) is 5.41 Å². The van der Waals surface area contributed by atoms with Crippen LogP contribution in [-0.4, -0.2) is 70.6 Å². The molecule has 26 heavy (non-hydrogen) atoms. The van der Waals surface area contributed by atoms with Crippen LogP contribution >= 0.6 is 0 Å². The molecular formula is C19H25N3O4. The van der Waals surface area contributed by atoms with Crippen molar-refractivity contribution in [3.8, 4) is 5.75 Å². The Bertz CT molecular complexity index is 694. The van der Waals surface area contributed by atoms with E-state index in [2.05, 4.69) is 9.88 Å². The van der Waals surface area contributed by atoms with Gasteiger partial charge in [-0.1, -0.05) is 0 Å². The highest BCUT2D eigenvalue weighted by atomic mass is 16.6. The highest BCUT2D eigenvalue weighted by Gasteiger charge is 2.51. The van der Waals surface area contributed by atoms with Gasteiger partial charge in [0, 0.05) is 32.3 Å². The first-order valence-electron chi connectivity index (χ1n) is 9.44. The number of aromatic hydroxyl groups is 1. The summed E-state index contributed by atoms with van der Waals surface area (Å²) in [6, 6.07) is 3.05. The Labute approximate surface area is 152 Å². The molecule has 0 bridgehead atoms. The molecule has 3 saturated heterocycles. The fraction of sp³-hybridized carbons (Fsp3) is 0.632. The molecule has 3 fully saturated rings. The second kappa shape index (κ2) is 6.87. The third kappa shape index (κ3) is 3.16. The third-order valence-corrected chi connectivity index (χ3v) is 5.98. The standard InChI is InChI=1S/C19H25N3O4/c23-15-4-3-7-20-16(15)17(24)22-10-5-19(6-11-22)12-14(26-18(19)25)13-21-8-1-2-9-21/h3-4,7,14,23H,1-2,5-6,8-13H2. The summed E-state index contributed by atoms with van der Waals surface area (Å²) in [6.07, 6.45) is 5.90. The third-order valence-electron chi connectivity index (χ3n) is 5.98. The Balaban J connectivity index is 1.37. The minimum Gasteiger partial charge on any atom is -0.505 e. The van der Waals surface area contributed by atoms with Crippen LogP contribution < -0.4 is 0 Å². The molecule has 3 aliphatic heterocycles. The summed E-state index contributed by atoms with van der Waals surface area (Å²) in [4.78, 5) is 33.2. The van der Waals surface area contributed by atoms with Crippen molar-refractivity contribution in [3.05, 3.63) is 24.0 Å². The zero-order chi connectivity index (χ0) is 18.1. The molecule has 1 aromatic heterocycles. The van der Waals surface area contributed by atoms with Crippen LogP contribution in [0.4, 0.5) is 0 Å². The number of hydrogen-bond donors (Lipinski definition) is 1. The minimum absolute atomic E-state index is 0.0253. The maximum atomic E-state index is 12.6. The van der Waals surface area contributed by atoms with Gasteiger partial charge in [-0.2, -0.15) is 0 Å². The summed E-state index contributed by atoms with van der Waals surface area (Å²) in [7, 11) is 0. The second-order valence-corrected chi connectivity index (χ2v) is 7.68. The highest BCUT2D eigenvalue weighted by Crippen LogP contribution is 2.43. The number of piperidine rings is 1. The summed E-state index contributed by atoms with van der Waals surface area (Å²) in [5, 5.41) is 9.84.